The molecule has 1 aliphatic heterocycles. The first-order valence-electron chi connectivity index (χ1n) is 5.99. The first kappa shape index (κ1) is 12.6. The van der Waals surface area contributed by atoms with Crippen molar-refractivity contribution in [3.8, 4) is 5.75 Å². The molecule has 6 heteroatoms. The molecule has 0 spiro atoms. The van der Waals surface area contributed by atoms with Crippen molar-refractivity contribution in [3.63, 3.8) is 0 Å². The average molecular weight is 274 g/mol. The van der Waals surface area contributed by atoms with Gasteiger partial charge in [0.25, 0.3) is 0 Å². The third kappa shape index (κ3) is 1.73. The molecule has 0 saturated carbocycles. The summed E-state index contributed by atoms with van der Waals surface area (Å²) in [5.74, 6) is -1.98. The number of aliphatic hydroxyl groups is 1. The molecular weight excluding hydrogens is 264 g/mol. The first-order valence-corrected chi connectivity index (χ1v) is 5.99. The number of cyclic esters (lactones) is 1. The predicted molar refractivity (Wildman–Crippen MR) is 65.4 cm³/mol. The highest BCUT2D eigenvalue weighted by Gasteiger charge is 2.41. The van der Waals surface area contributed by atoms with Crippen LogP contribution < -0.4 is 0 Å². The van der Waals surface area contributed by atoms with Crippen LogP contribution in [0.25, 0.3) is 0 Å². The monoisotopic (exact) mass is 274 g/mol. The minimum absolute atomic E-state index is 0.0441. The SMILES string of the molecule is O=C1C[C@@H](O)C(C2=CC(=O)c3c(O)cccc3C2=O)O1. The summed E-state index contributed by atoms with van der Waals surface area (Å²) < 4.78 is 4.88. The smallest absolute Gasteiger partial charge is 0.309 e. The molecule has 2 atom stereocenters. The number of phenols is 1. The molecule has 1 fully saturated rings. The van der Waals surface area contributed by atoms with E-state index in [9.17, 15) is 24.6 Å². The number of hydrogen-bond acceptors (Lipinski definition) is 6. The number of rotatable bonds is 1. The molecule has 1 aromatic carbocycles. The molecule has 1 aliphatic carbocycles. The van der Waals surface area contributed by atoms with E-state index in [1.165, 1.54) is 18.2 Å². The Morgan fingerprint density at radius 3 is 2.60 bits per heavy atom. The van der Waals surface area contributed by atoms with Crippen LogP contribution in [-0.2, 0) is 9.53 Å². The number of esters is 1. The van der Waals surface area contributed by atoms with Gasteiger partial charge in [0.05, 0.1) is 12.0 Å². The van der Waals surface area contributed by atoms with Crippen molar-refractivity contribution in [1.29, 1.82) is 0 Å². The Hall–Kier alpha value is -2.47. The lowest BCUT2D eigenvalue weighted by Gasteiger charge is -2.21. The van der Waals surface area contributed by atoms with Crippen LogP contribution >= 0.6 is 0 Å². The Balaban J connectivity index is 2.07. The molecule has 0 amide bonds. The third-order valence-electron chi connectivity index (χ3n) is 3.37. The molecule has 3 rings (SSSR count). The molecule has 1 saturated heterocycles. The van der Waals surface area contributed by atoms with E-state index in [-0.39, 0.29) is 28.9 Å². The van der Waals surface area contributed by atoms with Crippen molar-refractivity contribution in [3.05, 3.63) is 41.0 Å². The van der Waals surface area contributed by atoms with E-state index in [2.05, 4.69) is 0 Å². The topological polar surface area (TPSA) is 101 Å². The number of carbonyl (C=O) groups excluding carboxylic acids is 3. The summed E-state index contributed by atoms with van der Waals surface area (Å²) in [5.41, 5.74) is -0.0887. The summed E-state index contributed by atoms with van der Waals surface area (Å²) in [7, 11) is 0. The number of phenolic OH excluding ortho intramolecular Hbond substituents is 1. The molecule has 1 unspecified atom stereocenters. The molecule has 1 heterocycles. The summed E-state index contributed by atoms with van der Waals surface area (Å²) in [6.45, 7) is 0. The van der Waals surface area contributed by atoms with Gasteiger partial charge in [-0.05, 0) is 12.1 Å². The van der Waals surface area contributed by atoms with Crippen LogP contribution in [0.5, 0.6) is 5.75 Å². The number of benzene rings is 1. The Morgan fingerprint density at radius 2 is 1.95 bits per heavy atom. The van der Waals surface area contributed by atoms with Crippen LogP contribution in [0, 0.1) is 0 Å². The van der Waals surface area contributed by atoms with E-state index in [0.717, 1.165) is 6.08 Å². The van der Waals surface area contributed by atoms with Gasteiger partial charge in [0.15, 0.2) is 17.7 Å². The highest BCUT2D eigenvalue weighted by atomic mass is 16.6. The van der Waals surface area contributed by atoms with Crippen LogP contribution in [0.1, 0.15) is 27.1 Å². The fourth-order valence-corrected chi connectivity index (χ4v) is 2.45. The fraction of sp³-hybridized carbons (Fsp3) is 0.214. The van der Waals surface area contributed by atoms with E-state index in [0.29, 0.717) is 0 Å². The van der Waals surface area contributed by atoms with Crippen molar-refractivity contribution < 1.29 is 29.3 Å². The van der Waals surface area contributed by atoms with Gasteiger partial charge in [-0.15, -0.1) is 0 Å². The molecular formula is C14H10O6. The highest BCUT2D eigenvalue weighted by Crippen LogP contribution is 2.32. The maximum Gasteiger partial charge on any atom is 0.309 e. The minimum atomic E-state index is -1.15. The molecule has 2 N–H and O–H groups in total. The van der Waals surface area contributed by atoms with Gasteiger partial charge in [-0.2, -0.15) is 0 Å². The normalized spacial score (nSPS) is 25.2. The van der Waals surface area contributed by atoms with E-state index in [1.54, 1.807) is 0 Å². The standard InChI is InChI=1S/C14H10O6/c15-8-3-1-2-6-12(8)9(16)4-7(13(6)19)14-10(17)5-11(18)20-14/h1-4,10,14-15,17H,5H2/t10-,14?/m1/s1. The summed E-state index contributed by atoms with van der Waals surface area (Å²) in [5, 5.41) is 19.4. The van der Waals surface area contributed by atoms with E-state index in [4.69, 9.17) is 4.74 Å². The molecule has 6 nitrogen and oxygen atoms in total. The van der Waals surface area contributed by atoms with Gasteiger partial charge >= 0.3 is 5.97 Å². The Bertz CT molecular complexity index is 672. The van der Waals surface area contributed by atoms with Gasteiger partial charge in [0.1, 0.15) is 11.9 Å². The van der Waals surface area contributed by atoms with Crippen LogP contribution in [0.4, 0.5) is 0 Å². The maximum absolute atomic E-state index is 12.3. The number of aromatic hydroxyl groups is 1. The zero-order valence-corrected chi connectivity index (χ0v) is 10.2. The Morgan fingerprint density at radius 1 is 1.20 bits per heavy atom. The van der Waals surface area contributed by atoms with Crippen LogP contribution in [-0.4, -0.2) is 40.0 Å². The number of aliphatic hydroxyl groups excluding tert-OH is 1. The molecule has 2 aliphatic rings. The second kappa shape index (κ2) is 4.28. The second-order valence-electron chi connectivity index (χ2n) is 4.67. The van der Waals surface area contributed by atoms with Crippen molar-refractivity contribution in [2.24, 2.45) is 0 Å². The third-order valence-corrected chi connectivity index (χ3v) is 3.37. The molecule has 102 valence electrons. The zero-order valence-electron chi connectivity index (χ0n) is 10.2. The van der Waals surface area contributed by atoms with E-state index < -0.39 is 29.7 Å². The molecule has 0 radical (unpaired) electrons. The summed E-state index contributed by atoms with van der Waals surface area (Å²) in [6.07, 6.45) is -1.48. The lowest BCUT2D eigenvalue weighted by Crippen LogP contribution is -2.31. The van der Waals surface area contributed by atoms with Gasteiger partial charge in [-0.25, -0.2) is 0 Å². The Labute approximate surface area is 113 Å². The quantitative estimate of drug-likeness (QED) is 0.718. The maximum atomic E-state index is 12.3. The summed E-state index contributed by atoms with van der Waals surface area (Å²) in [4.78, 5) is 35.5. The van der Waals surface area contributed by atoms with Crippen LogP contribution in [0.3, 0.4) is 0 Å². The second-order valence-corrected chi connectivity index (χ2v) is 4.67. The zero-order chi connectivity index (χ0) is 14.4. The van der Waals surface area contributed by atoms with Gasteiger partial charge < -0.3 is 14.9 Å². The van der Waals surface area contributed by atoms with Gasteiger partial charge in [-0.3, -0.25) is 14.4 Å². The molecule has 1 aromatic rings. The fourth-order valence-electron chi connectivity index (χ4n) is 2.45. The molecule has 0 bridgehead atoms. The lowest BCUT2D eigenvalue weighted by atomic mass is 9.85. The van der Waals surface area contributed by atoms with Crippen molar-refractivity contribution in [2.45, 2.75) is 18.6 Å². The minimum Gasteiger partial charge on any atom is -0.507 e. The number of Topliss-reactive ketones (excluding diaryl/α,β-unsaturated/α-hetero) is 1. The number of carbonyl (C=O) groups is 3. The number of hydrogen-bond donors (Lipinski definition) is 2. The molecule has 20 heavy (non-hydrogen) atoms. The number of ketones is 2. The first-order chi connectivity index (χ1) is 9.49. The van der Waals surface area contributed by atoms with Gasteiger partial charge in [0.2, 0.25) is 0 Å². The van der Waals surface area contributed by atoms with Crippen molar-refractivity contribution >= 4 is 17.5 Å². The van der Waals surface area contributed by atoms with Crippen LogP contribution in [0.15, 0.2) is 29.8 Å². The number of ether oxygens (including phenoxy) is 1. The van der Waals surface area contributed by atoms with Crippen molar-refractivity contribution in [2.75, 3.05) is 0 Å². The lowest BCUT2D eigenvalue weighted by molar-refractivity contribution is -0.140. The van der Waals surface area contributed by atoms with Crippen molar-refractivity contribution in [1.82, 2.24) is 0 Å². The van der Waals surface area contributed by atoms with E-state index >= 15 is 0 Å². The Kier molecular flexibility index (Phi) is 2.69. The summed E-state index contributed by atoms with van der Waals surface area (Å²) >= 11 is 0. The largest absolute Gasteiger partial charge is 0.507 e. The van der Waals surface area contributed by atoms with E-state index in [1.807, 2.05) is 0 Å². The number of fused-ring (bicyclic) bond motifs is 1. The molecule has 0 aromatic heterocycles. The van der Waals surface area contributed by atoms with Gasteiger partial charge in [0, 0.05) is 11.1 Å². The average Bonchev–Trinajstić information content (AvgIpc) is 2.72. The summed E-state index contributed by atoms with van der Waals surface area (Å²) in [6, 6.07) is 4.16. The van der Waals surface area contributed by atoms with Gasteiger partial charge in [-0.1, -0.05) is 12.1 Å². The van der Waals surface area contributed by atoms with Crippen LogP contribution in [0.2, 0.25) is 0 Å². The predicted octanol–water partition coefficient (Wildman–Crippen LogP) is 0.374. The number of allylic oxidation sites excluding steroid dienone is 1. The highest BCUT2D eigenvalue weighted by molar-refractivity contribution is 6.26.